The van der Waals surface area contributed by atoms with Crippen molar-refractivity contribution < 1.29 is 70.7 Å². The Balaban J connectivity index is 0.000000171. The van der Waals surface area contributed by atoms with Gasteiger partial charge in [0.1, 0.15) is 101 Å². The van der Waals surface area contributed by atoms with Crippen molar-refractivity contribution in [3.05, 3.63) is 112 Å². The Kier molecular flexibility index (Phi) is 30.1. The number of rotatable bonds is 11. The number of hydrogen-bond donors (Lipinski definition) is 3. The molecular weight excluding hydrogens is 1600 g/mol. The first-order valence-corrected chi connectivity index (χ1v) is 44.4. The Bertz CT molecular complexity index is 5200. The fourth-order valence-electron chi connectivity index (χ4n) is 18.9. The lowest BCUT2D eigenvalue weighted by atomic mass is 9.93. The first-order chi connectivity index (χ1) is 59.5. The molecule has 5 aromatic heterocycles. The van der Waals surface area contributed by atoms with Gasteiger partial charge in [-0.2, -0.15) is 15.3 Å². The van der Waals surface area contributed by atoms with Crippen molar-refractivity contribution in [3.8, 4) is 22.3 Å². The maximum absolute atomic E-state index is 16.3. The molecule has 0 radical (unpaired) electrons. The van der Waals surface area contributed by atoms with Crippen molar-refractivity contribution in [2.24, 2.45) is 5.92 Å². The maximum atomic E-state index is 16.3. The largest absolute Gasteiger partial charge is 0.357 e. The molecule has 28 nitrogen and oxygen atoms in total. The Morgan fingerprint density at radius 3 is 1.02 bits per heavy atom. The number of carbonyl (C=O) groups is 12. The lowest BCUT2D eigenvalue weighted by Crippen LogP contribution is -2.49. The first kappa shape index (κ1) is 93.0. The molecule has 14 rings (SSSR count). The van der Waals surface area contributed by atoms with Crippen molar-refractivity contribution in [1.29, 1.82) is 0 Å². The van der Waals surface area contributed by atoms with Crippen LogP contribution in [0.15, 0.2) is 61.2 Å². The van der Waals surface area contributed by atoms with Crippen molar-refractivity contribution in [3.63, 3.8) is 0 Å². The predicted molar refractivity (Wildman–Crippen MR) is 466 cm³/mol. The van der Waals surface area contributed by atoms with Crippen molar-refractivity contribution >= 4 is 103 Å². The van der Waals surface area contributed by atoms with Crippen molar-refractivity contribution in [2.45, 2.75) is 303 Å². The zero-order valence-corrected chi connectivity index (χ0v) is 74.0. The van der Waals surface area contributed by atoms with Crippen LogP contribution in [-0.4, -0.2) is 209 Å². The van der Waals surface area contributed by atoms with Gasteiger partial charge in [-0.3, -0.25) is 71.6 Å². The van der Waals surface area contributed by atoms with E-state index in [4.69, 9.17) is 0 Å². The molecular formula is C94H119F3N16O12. The average molecular weight is 1720 g/mol. The highest BCUT2D eigenvalue weighted by atomic mass is 19.2. The van der Waals surface area contributed by atoms with Crippen molar-refractivity contribution in [1.82, 2.24) is 79.9 Å². The summed E-state index contributed by atoms with van der Waals surface area (Å²) in [5.41, 5.74) is 4.47. The molecule has 7 atom stereocenters. The van der Waals surface area contributed by atoms with E-state index in [2.05, 4.69) is 71.1 Å². The first-order valence-electron chi connectivity index (χ1n) is 44.4. The van der Waals surface area contributed by atoms with E-state index in [0.29, 0.717) is 82.6 Å². The molecule has 8 aromatic rings. The standard InChI is InChI=1S/C32H45FN4O4.2C31H37FN6O4/c1-20(2)14-22(4)34-31(41)27-17-32(33)13-12-25(39)11-9-7-6-8-10-24-15-21(3)16-26-29(23(5)38)35-37(30(24)26)18-28(40)36(27)19-32;2*1-19(39)28-25-13-22(23-15-34-20(2)35-16-23)12-21-8-6-4-5-7-9-24(40)10-11-31(32)14-26(30(42)33-3)37(18-31)27(41)17-38(36-28)29(21)25/h15-16,20,22,27H,6-14,17-19H2,1-5H3,(H,34,41);2*12-13,15-16,26H,4-11,14,17-18H2,1-3H3,(H,33,42)/t22-,27+,32-;2*26-,31+/m100/s1. The van der Waals surface area contributed by atoms with Gasteiger partial charge in [0.05, 0.1) is 36.2 Å². The van der Waals surface area contributed by atoms with E-state index in [0.717, 1.165) is 140 Å². The third-order valence-corrected chi connectivity index (χ3v) is 25.3. The highest BCUT2D eigenvalue weighted by Crippen LogP contribution is 2.42. The monoisotopic (exact) mass is 1720 g/mol. The number of halogens is 3. The fourth-order valence-corrected chi connectivity index (χ4v) is 18.9. The number of Topliss-reactive ketones (excluding diaryl/α,β-unsaturated/α-hetero) is 6. The summed E-state index contributed by atoms with van der Waals surface area (Å²) in [7, 11) is 2.91. The van der Waals surface area contributed by atoms with Crippen molar-refractivity contribution in [2.75, 3.05) is 33.7 Å². The minimum absolute atomic E-state index is 0.00392. The second kappa shape index (κ2) is 40.4. The molecule has 6 aliphatic heterocycles. The van der Waals surface area contributed by atoms with Gasteiger partial charge in [-0.25, -0.2) is 33.1 Å². The Morgan fingerprint density at radius 2 is 0.712 bits per heavy atom. The lowest BCUT2D eigenvalue weighted by molar-refractivity contribution is -0.139. The van der Waals surface area contributed by atoms with Crippen LogP contribution in [0.25, 0.3) is 55.0 Å². The van der Waals surface area contributed by atoms with Crippen LogP contribution in [0.4, 0.5) is 13.2 Å². The molecule has 0 unspecified atom stereocenters. The second-order valence-corrected chi connectivity index (χ2v) is 35.9. The Morgan fingerprint density at radius 1 is 0.408 bits per heavy atom. The van der Waals surface area contributed by atoms with Gasteiger partial charge in [0.25, 0.3) is 0 Å². The number of aromatic nitrogens is 10. The molecule has 3 aromatic carbocycles. The SMILES string of the molecule is CC(=O)c1nn2c3c(cc(C)cc13)CCCCCCC(=O)CC[C@@]1(F)C[C@@H](C(=O)N[C@H](C)CC(C)C)N(C1)C(=O)C2.CNC(=O)[C@@H]1C[C@]2(F)CCC(=O)CCCCCCc3cc(-c4cnc(C)nc4)cc4c(C(C)=O)nn(c34)CC(=O)N1C2.CNC(=O)[C@@H]1C[C@]2(F)CCC(=O)CCCCCCc3cc(-c4cnc(C)nc4)cc4c(C(C)=O)nn(c34)CC(=O)N1C2. The van der Waals surface area contributed by atoms with Crippen LogP contribution in [0.1, 0.15) is 267 Å². The summed E-state index contributed by atoms with van der Waals surface area (Å²) < 4.78 is 52.9. The topological polar surface area (TPSA) is 356 Å². The Hall–Kier alpha value is -11.1. The summed E-state index contributed by atoms with van der Waals surface area (Å²) in [6, 6.07) is 8.70. The van der Waals surface area contributed by atoms with E-state index in [-0.39, 0.29) is 155 Å². The molecule has 3 saturated heterocycles. The number of fused-ring (bicyclic) bond motifs is 6. The van der Waals surface area contributed by atoms with Crippen LogP contribution in [-0.2, 0) is 82.0 Å². The number of hydrogen-bond acceptors (Lipinski definition) is 19. The quantitative estimate of drug-likeness (QED) is 0.101. The highest BCUT2D eigenvalue weighted by Gasteiger charge is 2.52. The van der Waals surface area contributed by atoms with E-state index in [9.17, 15) is 57.5 Å². The molecule has 6 amide bonds. The minimum Gasteiger partial charge on any atom is -0.357 e. The molecule has 668 valence electrons. The molecule has 0 spiro atoms. The van der Waals surface area contributed by atoms with E-state index in [1.165, 1.54) is 58.9 Å². The fraction of sp³-hybridized carbons (Fsp3) is 0.564. The van der Waals surface area contributed by atoms with Crippen LogP contribution in [0.3, 0.4) is 0 Å². The van der Waals surface area contributed by atoms with Gasteiger partial charge in [0.2, 0.25) is 35.4 Å². The zero-order valence-electron chi connectivity index (χ0n) is 74.0. The minimum atomic E-state index is -1.84. The number of ketones is 6. The van der Waals surface area contributed by atoms with Crippen LogP contribution >= 0.6 is 0 Å². The summed E-state index contributed by atoms with van der Waals surface area (Å²) in [5, 5.41) is 23.8. The summed E-state index contributed by atoms with van der Waals surface area (Å²) in [5.74, 6) is -1.64. The van der Waals surface area contributed by atoms with Gasteiger partial charge in [0, 0.05) is 151 Å². The second-order valence-electron chi connectivity index (χ2n) is 35.9. The third-order valence-electron chi connectivity index (χ3n) is 25.3. The van der Waals surface area contributed by atoms with Gasteiger partial charge in [-0.1, -0.05) is 64.0 Å². The number of alkyl halides is 3. The molecule has 6 bridgehead atoms. The summed E-state index contributed by atoms with van der Waals surface area (Å²) in [6.45, 7) is 14.5. The predicted octanol–water partition coefficient (Wildman–Crippen LogP) is 13.1. The van der Waals surface area contributed by atoms with Crippen LogP contribution in [0, 0.1) is 26.7 Å². The summed E-state index contributed by atoms with van der Waals surface area (Å²) >= 11 is 0. The number of aryl methyl sites for hydroxylation is 6. The van der Waals surface area contributed by atoms with Gasteiger partial charge in [-0.15, -0.1) is 0 Å². The van der Waals surface area contributed by atoms with Gasteiger partial charge in [-0.05, 0) is 175 Å². The van der Waals surface area contributed by atoms with Gasteiger partial charge in [0.15, 0.2) is 17.3 Å². The summed E-state index contributed by atoms with van der Waals surface area (Å²) in [4.78, 5) is 177. The maximum Gasteiger partial charge on any atom is 0.245 e. The molecule has 3 fully saturated rings. The van der Waals surface area contributed by atoms with E-state index >= 15 is 13.2 Å². The number of benzene rings is 3. The molecule has 6 aliphatic rings. The zero-order chi connectivity index (χ0) is 89.9. The van der Waals surface area contributed by atoms with Crippen LogP contribution in [0.5, 0.6) is 0 Å². The normalized spacial score (nSPS) is 22.7. The van der Waals surface area contributed by atoms with E-state index in [1.54, 1.807) is 29.5 Å². The van der Waals surface area contributed by atoms with E-state index < -0.39 is 64.7 Å². The highest BCUT2D eigenvalue weighted by molar-refractivity contribution is 6.09. The number of carbonyl (C=O) groups excluding carboxylic acids is 12. The van der Waals surface area contributed by atoms with Gasteiger partial charge >= 0.3 is 0 Å². The average Bonchev–Trinajstić information content (AvgIpc) is 1.62. The van der Waals surface area contributed by atoms with E-state index in [1.807, 2.05) is 58.0 Å². The van der Waals surface area contributed by atoms with Gasteiger partial charge < -0.3 is 30.7 Å². The Labute approximate surface area is 726 Å². The smallest absolute Gasteiger partial charge is 0.245 e. The lowest BCUT2D eigenvalue weighted by Gasteiger charge is -2.26. The van der Waals surface area contributed by atoms with Crippen LogP contribution in [0.2, 0.25) is 0 Å². The number of likely N-dealkylation sites (N-methyl/N-ethyl adjacent to an activating group) is 2. The van der Waals surface area contributed by atoms with Crippen LogP contribution < -0.4 is 16.0 Å². The number of nitrogens with one attached hydrogen (secondary N) is 3. The molecule has 125 heavy (non-hydrogen) atoms. The molecule has 3 N–H and O–H groups in total. The molecule has 0 aliphatic carbocycles. The molecule has 0 saturated carbocycles. The number of amides is 6. The molecule has 31 heteroatoms. The summed E-state index contributed by atoms with van der Waals surface area (Å²) in [6.07, 6.45) is 20.9. The number of nitrogens with zero attached hydrogens (tertiary/aromatic N) is 13. The molecule has 11 heterocycles. The third kappa shape index (κ3) is 22.6.